The second-order valence-corrected chi connectivity index (χ2v) is 5.45. The Morgan fingerprint density at radius 2 is 1.95 bits per heavy atom. The minimum Gasteiger partial charge on any atom is -0.382 e. The van der Waals surface area contributed by atoms with Crippen LogP contribution in [-0.2, 0) is 4.79 Å². The molecule has 0 saturated heterocycles. The average Bonchev–Trinajstić information content (AvgIpc) is 2.39. The third kappa shape index (κ3) is 7.14. The molecule has 0 aromatic rings. The van der Waals surface area contributed by atoms with E-state index in [4.69, 9.17) is 5.73 Å². The molecule has 0 aromatic carbocycles. The maximum absolute atomic E-state index is 11.8. The third-order valence-corrected chi connectivity index (χ3v) is 3.77. The number of hydrogen-bond donors (Lipinski definition) is 3. The molecule has 4 nitrogen and oxygen atoms in total. The van der Waals surface area contributed by atoms with Crippen molar-refractivity contribution in [2.45, 2.75) is 82.9 Å². The van der Waals surface area contributed by atoms with E-state index in [0.29, 0.717) is 6.42 Å². The molecule has 0 unspecified atom stereocenters. The molecule has 19 heavy (non-hydrogen) atoms. The van der Waals surface area contributed by atoms with E-state index in [2.05, 4.69) is 12.2 Å². The quantitative estimate of drug-likeness (QED) is 0.629. The highest BCUT2D eigenvalue weighted by molar-refractivity contribution is 5.85. The average molecular weight is 293 g/mol. The summed E-state index contributed by atoms with van der Waals surface area (Å²) in [6.45, 7) is 2.12. The van der Waals surface area contributed by atoms with Gasteiger partial charge in [0.05, 0.1) is 0 Å². The molecule has 2 atom stereocenters. The zero-order valence-electron chi connectivity index (χ0n) is 11.9. The molecular weight excluding hydrogens is 264 g/mol. The summed E-state index contributed by atoms with van der Waals surface area (Å²) in [5.74, 6) is -0.286. The van der Waals surface area contributed by atoms with Gasteiger partial charge < -0.3 is 16.2 Å². The van der Waals surface area contributed by atoms with E-state index >= 15 is 0 Å². The zero-order valence-corrected chi connectivity index (χ0v) is 12.8. The van der Waals surface area contributed by atoms with E-state index in [1.165, 1.54) is 19.3 Å². The van der Waals surface area contributed by atoms with Crippen LogP contribution in [0, 0.1) is 0 Å². The number of carbonyl (C=O) groups excluding carboxylic acids is 1. The molecule has 5 heteroatoms. The van der Waals surface area contributed by atoms with Crippen LogP contribution >= 0.6 is 12.4 Å². The maximum Gasteiger partial charge on any atom is 0.250 e. The summed E-state index contributed by atoms with van der Waals surface area (Å²) in [7, 11) is 0. The second-order valence-electron chi connectivity index (χ2n) is 5.45. The van der Waals surface area contributed by atoms with Gasteiger partial charge in [0.1, 0.15) is 6.10 Å². The molecule has 114 valence electrons. The SMILES string of the molecule is CCCCC[C@H](N)[C@H](O)C(=O)NC1CCCCC1.Cl. The van der Waals surface area contributed by atoms with Crippen LogP contribution in [-0.4, -0.2) is 29.2 Å². The normalized spacial score (nSPS) is 19.3. The maximum atomic E-state index is 11.8. The highest BCUT2D eigenvalue weighted by Gasteiger charge is 2.25. The lowest BCUT2D eigenvalue weighted by Gasteiger charge is -2.25. The first-order chi connectivity index (χ1) is 8.65. The van der Waals surface area contributed by atoms with E-state index in [1.807, 2.05) is 0 Å². The number of unbranched alkanes of at least 4 members (excludes halogenated alkanes) is 2. The smallest absolute Gasteiger partial charge is 0.250 e. The van der Waals surface area contributed by atoms with Crippen LogP contribution in [0.3, 0.4) is 0 Å². The number of aliphatic hydroxyl groups excluding tert-OH is 1. The van der Waals surface area contributed by atoms with Crippen molar-refractivity contribution < 1.29 is 9.90 Å². The predicted octanol–water partition coefficient (Wildman–Crippen LogP) is 2.13. The van der Waals surface area contributed by atoms with Gasteiger partial charge in [-0.2, -0.15) is 0 Å². The Bertz CT molecular complexity index is 246. The fourth-order valence-electron chi connectivity index (χ4n) is 2.52. The van der Waals surface area contributed by atoms with Gasteiger partial charge in [-0.25, -0.2) is 0 Å². The molecule has 1 aliphatic carbocycles. The predicted molar refractivity (Wildman–Crippen MR) is 80.4 cm³/mol. The molecule has 1 saturated carbocycles. The van der Waals surface area contributed by atoms with Crippen molar-refractivity contribution in [2.24, 2.45) is 5.73 Å². The van der Waals surface area contributed by atoms with Crippen LogP contribution < -0.4 is 11.1 Å². The van der Waals surface area contributed by atoms with Crippen LogP contribution in [0.15, 0.2) is 0 Å². The van der Waals surface area contributed by atoms with Crippen molar-refractivity contribution >= 4 is 18.3 Å². The van der Waals surface area contributed by atoms with Crippen molar-refractivity contribution in [1.82, 2.24) is 5.32 Å². The van der Waals surface area contributed by atoms with Gasteiger partial charge in [0.25, 0.3) is 5.91 Å². The summed E-state index contributed by atoms with van der Waals surface area (Å²) in [5, 5.41) is 12.8. The molecule has 0 aliphatic heterocycles. The van der Waals surface area contributed by atoms with Crippen molar-refractivity contribution in [1.29, 1.82) is 0 Å². The first-order valence-corrected chi connectivity index (χ1v) is 7.39. The topological polar surface area (TPSA) is 75.3 Å². The molecule has 0 bridgehead atoms. The fourth-order valence-corrected chi connectivity index (χ4v) is 2.52. The number of aliphatic hydroxyl groups is 1. The lowest BCUT2D eigenvalue weighted by atomic mass is 9.95. The van der Waals surface area contributed by atoms with Gasteiger partial charge in [0, 0.05) is 12.1 Å². The molecule has 1 rings (SSSR count). The van der Waals surface area contributed by atoms with Crippen molar-refractivity contribution in [3.63, 3.8) is 0 Å². The summed E-state index contributed by atoms with van der Waals surface area (Å²) >= 11 is 0. The molecule has 0 aromatic heterocycles. The molecule has 1 amide bonds. The second kappa shape index (κ2) is 10.5. The minimum atomic E-state index is -1.05. The Balaban J connectivity index is 0.00000324. The Kier molecular flexibility index (Phi) is 10.3. The summed E-state index contributed by atoms with van der Waals surface area (Å²) in [4.78, 5) is 11.8. The van der Waals surface area contributed by atoms with Crippen molar-refractivity contribution in [2.75, 3.05) is 0 Å². The Hall–Kier alpha value is -0.320. The summed E-state index contributed by atoms with van der Waals surface area (Å²) < 4.78 is 0. The van der Waals surface area contributed by atoms with E-state index in [9.17, 15) is 9.90 Å². The molecule has 0 radical (unpaired) electrons. The van der Waals surface area contributed by atoms with Gasteiger partial charge in [0.2, 0.25) is 0 Å². The lowest BCUT2D eigenvalue weighted by Crippen LogP contribution is -2.49. The van der Waals surface area contributed by atoms with Crippen LogP contribution in [0.5, 0.6) is 0 Å². The Labute approximate surface area is 122 Å². The molecule has 1 aliphatic rings. The van der Waals surface area contributed by atoms with Crippen LogP contribution in [0.2, 0.25) is 0 Å². The molecule has 0 heterocycles. The fraction of sp³-hybridized carbons (Fsp3) is 0.929. The van der Waals surface area contributed by atoms with Crippen molar-refractivity contribution in [3.8, 4) is 0 Å². The first-order valence-electron chi connectivity index (χ1n) is 7.39. The first kappa shape index (κ1) is 18.7. The summed E-state index contributed by atoms with van der Waals surface area (Å²) in [6, 6.07) is -0.191. The van der Waals surface area contributed by atoms with Gasteiger partial charge in [-0.3, -0.25) is 4.79 Å². The van der Waals surface area contributed by atoms with Crippen LogP contribution in [0.4, 0.5) is 0 Å². The van der Waals surface area contributed by atoms with Crippen LogP contribution in [0.25, 0.3) is 0 Å². The standard InChI is InChI=1S/C14H28N2O2.ClH/c1-2-3-5-10-12(15)13(17)14(18)16-11-8-6-4-7-9-11;/h11-13,17H,2-10,15H2,1H3,(H,16,18);1H/t12-,13-;/m0./s1. The summed E-state index contributed by atoms with van der Waals surface area (Å²) in [6.07, 6.45) is 8.52. The zero-order chi connectivity index (χ0) is 13.4. The highest BCUT2D eigenvalue weighted by atomic mass is 35.5. The largest absolute Gasteiger partial charge is 0.382 e. The molecular formula is C14H29ClN2O2. The summed E-state index contributed by atoms with van der Waals surface area (Å²) in [5.41, 5.74) is 5.85. The number of hydrogen-bond acceptors (Lipinski definition) is 3. The number of nitrogens with two attached hydrogens (primary N) is 1. The number of rotatable bonds is 7. The highest BCUT2D eigenvalue weighted by Crippen LogP contribution is 2.17. The van der Waals surface area contributed by atoms with Gasteiger partial charge in [-0.05, 0) is 19.3 Å². The van der Waals surface area contributed by atoms with E-state index < -0.39 is 12.1 Å². The molecule has 1 fully saturated rings. The minimum absolute atomic E-state index is 0. The molecule has 4 N–H and O–H groups in total. The van der Waals surface area contributed by atoms with E-state index in [0.717, 1.165) is 32.1 Å². The van der Waals surface area contributed by atoms with E-state index in [1.54, 1.807) is 0 Å². The van der Waals surface area contributed by atoms with Crippen molar-refractivity contribution in [3.05, 3.63) is 0 Å². The number of carbonyl (C=O) groups is 1. The lowest BCUT2D eigenvalue weighted by molar-refractivity contribution is -0.131. The van der Waals surface area contributed by atoms with Gasteiger partial charge in [-0.15, -0.1) is 12.4 Å². The van der Waals surface area contributed by atoms with Gasteiger partial charge >= 0.3 is 0 Å². The Morgan fingerprint density at radius 3 is 2.53 bits per heavy atom. The Morgan fingerprint density at radius 1 is 1.32 bits per heavy atom. The third-order valence-electron chi connectivity index (χ3n) is 3.77. The van der Waals surface area contributed by atoms with E-state index in [-0.39, 0.29) is 24.4 Å². The number of amides is 1. The van der Waals surface area contributed by atoms with Crippen LogP contribution in [0.1, 0.15) is 64.7 Å². The number of nitrogens with one attached hydrogen (secondary N) is 1. The monoisotopic (exact) mass is 292 g/mol. The van der Waals surface area contributed by atoms with Gasteiger partial charge in [-0.1, -0.05) is 45.4 Å². The van der Waals surface area contributed by atoms with Gasteiger partial charge in [0.15, 0.2) is 0 Å². The molecule has 0 spiro atoms. The number of halogens is 1.